The van der Waals surface area contributed by atoms with E-state index in [0.29, 0.717) is 12.1 Å². The van der Waals surface area contributed by atoms with E-state index in [1.54, 1.807) is 31.7 Å². The SMILES string of the molecule is CC(C)(C)NC(=O)[C@H](CCC(=O)OC(C)(C)C)N1Cc2cc(O[C@H]3CCNC3)ccc2C1=O. The third-order valence-corrected chi connectivity index (χ3v) is 5.45. The zero-order valence-corrected chi connectivity index (χ0v) is 20.6. The molecule has 2 aliphatic heterocycles. The number of hydrogen-bond acceptors (Lipinski definition) is 6. The number of carbonyl (C=O) groups is 3. The lowest BCUT2D eigenvalue weighted by molar-refractivity contribution is -0.155. The average Bonchev–Trinajstić information content (AvgIpc) is 3.27. The van der Waals surface area contributed by atoms with Crippen molar-refractivity contribution < 1.29 is 23.9 Å². The van der Waals surface area contributed by atoms with Crippen LogP contribution in [0.2, 0.25) is 0 Å². The summed E-state index contributed by atoms with van der Waals surface area (Å²) in [6.45, 7) is 13.1. The number of ether oxygens (including phenoxy) is 2. The maximum Gasteiger partial charge on any atom is 0.306 e. The zero-order chi connectivity index (χ0) is 24.4. The van der Waals surface area contributed by atoms with E-state index >= 15 is 0 Å². The van der Waals surface area contributed by atoms with Gasteiger partial charge in [-0.25, -0.2) is 0 Å². The van der Waals surface area contributed by atoms with Gasteiger partial charge in [0.05, 0.1) is 0 Å². The van der Waals surface area contributed by atoms with Crippen molar-refractivity contribution >= 4 is 17.8 Å². The van der Waals surface area contributed by atoms with Gasteiger partial charge in [-0.2, -0.15) is 0 Å². The Labute approximate surface area is 196 Å². The normalized spacial score (nSPS) is 19.3. The Morgan fingerprint density at radius 1 is 1.21 bits per heavy atom. The van der Waals surface area contributed by atoms with Gasteiger partial charge in [-0.1, -0.05) is 0 Å². The molecule has 0 aliphatic carbocycles. The fraction of sp³-hybridized carbons (Fsp3) is 0.640. The van der Waals surface area contributed by atoms with E-state index in [4.69, 9.17) is 9.47 Å². The first-order valence-corrected chi connectivity index (χ1v) is 11.7. The molecule has 33 heavy (non-hydrogen) atoms. The molecule has 8 nitrogen and oxygen atoms in total. The highest BCUT2D eigenvalue weighted by atomic mass is 16.6. The quantitative estimate of drug-likeness (QED) is 0.609. The van der Waals surface area contributed by atoms with Crippen LogP contribution in [0.15, 0.2) is 18.2 Å². The van der Waals surface area contributed by atoms with Gasteiger partial charge in [0.1, 0.15) is 23.5 Å². The lowest BCUT2D eigenvalue weighted by Crippen LogP contribution is -2.52. The summed E-state index contributed by atoms with van der Waals surface area (Å²) >= 11 is 0. The molecular formula is C25H37N3O5. The highest BCUT2D eigenvalue weighted by Gasteiger charge is 2.38. The van der Waals surface area contributed by atoms with E-state index in [9.17, 15) is 14.4 Å². The summed E-state index contributed by atoms with van der Waals surface area (Å²) in [5.41, 5.74) is 0.324. The largest absolute Gasteiger partial charge is 0.489 e. The first-order chi connectivity index (χ1) is 15.3. The molecule has 8 heteroatoms. The van der Waals surface area contributed by atoms with Crippen LogP contribution in [0.4, 0.5) is 0 Å². The summed E-state index contributed by atoms with van der Waals surface area (Å²) in [6.07, 6.45) is 1.30. The lowest BCUT2D eigenvalue weighted by atomic mass is 10.0. The number of benzene rings is 1. The van der Waals surface area contributed by atoms with Crippen LogP contribution in [-0.4, -0.2) is 59.1 Å². The summed E-state index contributed by atoms with van der Waals surface area (Å²) in [4.78, 5) is 40.2. The second-order valence-corrected chi connectivity index (χ2v) is 10.9. The van der Waals surface area contributed by atoms with Crippen LogP contribution < -0.4 is 15.4 Å². The predicted molar refractivity (Wildman–Crippen MR) is 125 cm³/mol. The number of hydrogen-bond donors (Lipinski definition) is 2. The van der Waals surface area contributed by atoms with Gasteiger partial charge in [0.2, 0.25) is 5.91 Å². The molecule has 0 bridgehead atoms. The molecule has 0 saturated carbocycles. The Bertz CT molecular complexity index is 894. The second kappa shape index (κ2) is 9.71. The van der Waals surface area contributed by atoms with Crippen LogP contribution in [0.25, 0.3) is 0 Å². The number of nitrogens with one attached hydrogen (secondary N) is 2. The number of fused-ring (bicyclic) bond motifs is 1. The lowest BCUT2D eigenvalue weighted by Gasteiger charge is -2.30. The Balaban J connectivity index is 1.76. The van der Waals surface area contributed by atoms with Crippen molar-refractivity contribution in [2.24, 2.45) is 0 Å². The van der Waals surface area contributed by atoms with E-state index in [-0.39, 0.29) is 36.7 Å². The number of esters is 1. The number of carbonyl (C=O) groups excluding carboxylic acids is 3. The molecule has 2 amide bonds. The molecule has 2 heterocycles. The fourth-order valence-electron chi connectivity index (χ4n) is 4.09. The molecule has 2 N–H and O–H groups in total. The minimum absolute atomic E-state index is 0.0443. The van der Waals surface area contributed by atoms with Crippen molar-refractivity contribution in [2.75, 3.05) is 13.1 Å². The molecule has 1 fully saturated rings. The molecule has 0 spiro atoms. The summed E-state index contributed by atoms with van der Waals surface area (Å²) in [7, 11) is 0. The molecular weight excluding hydrogens is 422 g/mol. The minimum Gasteiger partial charge on any atom is -0.489 e. The smallest absolute Gasteiger partial charge is 0.306 e. The molecule has 182 valence electrons. The Hall–Kier alpha value is -2.61. The Morgan fingerprint density at radius 3 is 2.55 bits per heavy atom. The molecule has 3 rings (SSSR count). The highest BCUT2D eigenvalue weighted by molar-refractivity contribution is 6.01. The predicted octanol–water partition coefficient (Wildman–Crippen LogP) is 2.79. The van der Waals surface area contributed by atoms with Crippen LogP contribution in [0, 0.1) is 0 Å². The maximum absolute atomic E-state index is 13.2. The van der Waals surface area contributed by atoms with E-state index in [2.05, 4.69) is 10.6 Å². The molecule has 0 radical (unpaired) electrons. The standard InChI is InChI=1S/C25H37N3O5/c1-24(2,3)27-22(30)20(9-10-21(29)33-25(4,5)6)28-15-16-13-17(7-8-19(16)23(28)31)32-18-11-12-26-14-18/h7-8,13,18,20,26H,9-12,14-15H2,1-6H3,(H,27,30)/t18-,20-/m0/s1. The Kier molecular flexibility index (Phi) is 7.36. The molecule has 0 aromatic heterocycles. The fourth-order valence-corrected chi connectivity index (χ4v) is 4.09. The van der Waals surface area contributed by atoms with E-state index in [0.717, 1.165) is 30.8 Å². The van der Waals surface area contributed by atoms with Crippen LogP contribution >= 0.6 is 0 Å². The van der Waals surface area contributed by atoms with Crippen molar-refractivity contribution in [3.05, 3.63) is 29.3 Å². The maximum atomic E-state index is 13.2. The van der Waals surface area contributed by atoms with Gasteiger partial charge in [-0.05, 0) is 84.7 Å². The highest BCUT2D eigenvalue weighted by Crippen LogP contribution is 2.30. The van der Waals surface area contributed by atoms with E-state index < -0.39 is 17.2 Å². The van der Waals surface area contributed by atoms with Crippen LogP contribution in [0.5, 0.6) is 5.75 Å². The molecule has 1 aromatic rings. The average molecular weight is 460 g/mol. The van der Waals surface area contributed by atoms with Crippen LogP contribution in [0.1, 0.15) is 76.7 Å². The van der Waals surface area contributed by atoms with Crippen molar-refractivity contribution in [1.82, 2.24) is 15.5 Å². The van der Waals surface area contributed by atoms with Crippen molar-refractivity contribution in [2.45, 2.75) is 90.6 Å². The van der Waals surface area contributed by atoms with Gasteiger partial charge in [0, 0.05) is 30.6 Å². The van der Waals surface area contributed by atoms with Crippen LogP contribution in [-0.2, 0) is 20.9 Å². The Morgan fingerprint density at radius 2 is 1.94 bits per heavy atom. The summed E-state index contributed by atoms with van der Waals surface area (Å²) in [5.74, 6) is -0.152. The van der Waals surface area contributed by atoms with Crippen molar-refractivity contribution in [3.63, 3.8) is 0 Å². The summed E-state index contributed by atoms with van der Waals surface area (Å²) < 4.78 is 11.4. The van der Waals surface area contributed by atoms with E-state index in [1.165, 1.54) is 0 Å². The first kappa shape index (κ1) is 25.0. The van der Waals surface area contributed by atoms with Gasteiger partial charge in [0.15, 0.2) is 0 Å². The first-order valence-electron chi connectivity index (χ1n) is 11.7. The molecule has 0 unspecified atom stereocenters. The molecule has 1 aromatic carbocycles. The van der Waals surface area contributed by atoms with Crippen LogP contribution in [0.3, 0.4) is 0 Å². The third kappa shape index (κ3) is 6.93. The second-order valence-electron chi connectivity index (χ2n) is 10.9. The molecule has 2 aliphatic rings. The monoisotopic (exact) mass is 459 g/mol. The minimum atomic E-state index is -0.778. The number of amides is 2. The van der Waals surface area contributed by atoms with E-state index in [1.807, 2.05) is 32.9 Å². The van der Waals surface area contributed by atoms with Gasteiger partial charge in [0.25, 0.3) is 5.91 Å². The summed E-state index contributed by atoms with van der Waals surface area (Å²) in [5, 5.41) is 6.23. The van der Waals surface area contributed by atoms with Crippen molar-refractivity contribution in [3.8, 4) is 5.75 Å². The van der Waals surface area contributed by atoms with Gasteiger partial charge in [-0.3, -0.25) is 14.4 Å². The topological polar surface area (TPSA) is 97.0 Å². The molecule has 2 atom stereocenters. The third-order valence-electron chi connectivity index (χ3n) is 5.45. The zero-order valence-electron chi connectivity index (χ0n) is 20.6. The van der Waals surface area contributed by atoms with Crippen molar-refractivity contribution in [1.29, 1.82) is 0 Å². The number of rotatable bonds is 7. The number of nitrogens with zero attached hydrogens (tertiary/aromatic N) is 1. The van der Waals surface area contributed by atoms with Gasteiger partial charge < -0.3 is 25.0 Å². The molecule has 1 saturated heterocycles. The summed E-state index contributed by atoms with van der Waals surface area (Å²) in [6, 6.07) is 4.68. The van der Waals surface area contributed by atoms with Gasteiger partial charge >= 0.3 is 5.97 Å². The van der Waals surface area contributed by atoms with Gasteiger partial charge in [-0.15, -0.1) is 0 Å².